The summed E-state index contributed by atoms with van der Waals surface area (Å²) in [6.07, 6.45) is 3.39. The Kier molecular flexibility index (Phi) is 1.53. The third kappa shape index (κ3) is 1.32. The van der Waals surface area contributed by atoms with Crippen molar-refractivity contribution in [1.82, 2.24) is 0 Å². The highest BCUT2D eigenvalue weighted by atomic mass is 16.7. The fourth-order valence-corrected chi connectivity index (χ4v) is 0.477. The van der Waals surface area contributed by atoms with Crippen LogP contribution in [0.25, 0.3) is 0 Å². The Hall–Kier alpha value is -1.25. The van der Waals surface area contributed by atoms with E-state index in [-0.39, 0.29) is 6.10 Å². The molecule has 0 amide bonds. The monoisotopic (exact) mass is 126 g/mol. The predicted molar refractivity (Wildman–Crippen MR) is 30.7 cm³/mol. The van der Waals surface area contributed by atoms with Crippen molar-refractivity contribution >= 4 is 6.16 Å². The Bertz CT molecular complexity index is 160. The smallest absolute Gasteiger partial charge is 0.422 e. The van der Waals surface area contributed by atoms with E-state index in [4.69, 9.17) is 0 Å². The van der Waals surface area contributed by atoms with E-state index in [0.29, 0.717) is 0 Å². The number of hydrogen-bond donors (Lipinski definition) is 0. The van der Waals surface area contributed by atoms with Gasteiger partial charge in [-0.25, -0.2) is 4.79 Å². The summed E-state index contributed by atoms with van der Waals surface area (Å²) in [7, 11) is 0. The molecule has 48 valence electrons. The van der Waals surface area contributed by atoms with E-state index < -0.39 is 6.16 Å². The van der Waals surface area contributed by atoms with Crippen molar-refractivity contribution in [3.8, 4) is 0 Å². The van der Waals surface area contributed by atoms with Crippen LogP contribution >= 0.6 is 0 Å². The molecule has 1 unspecified atom stereocenters. The van der Waals surface area contributed by atoms with Gasteiger partial charge in [0.1, 0.15) is 6.10 Å². The summed E-state index contributed by atoms with van der Waals surface area (Å²) >= 11 is 0. The second-order valence-corrected chi connectivity index (χ2v) is 1.51. The highest BCUT2D eigenvalue weighted by molar-refractivity contribution is 5.62. The molecule has 1 heterocycles. The van der Waals surface area contributed by atoms with E-state index in [1.807, 2.05) is 0 Å². The van der Waals surface area contributed by atoms with Crippen molar-refractivity contribution in [3.63, 3.8) is 0 Å². The van der Waals surface area contributed by atoms with E-state index in [1.54, 1.807) is 6.08 Å². The minimum absolute atomic E-state index is 0.328. The summed E-state index contributed by atoms with van der Waals surface area (Å²) in [5, 5.41) is 0. The van der Waals surface area contributed by atoms with Gasteiger partial charge in [0.15, 0.2) is 0 Å². The van der Waals surface area contributed by atoms with Gasteiger partial charge < -0.3 is 9.47 Å². The average molecular weight is 126 g/mol. The van der Waals surface area contributed by atoms with Crippen LogP contribution in [0.3, 0.4) is 0 Å². The zero-order valence-corrected chi connectivity index (χ0v) is 4.74. The van der Waals surface area contributed by atoms with Crippen LogP contribution in [0.15, 0.2) is 25.0 Å². The van der Waals surface area contributed by atoms with Crippen LogP contribution in [-0.2, 0) is 9.47 Å². The maximum Gasteiger partial charge on any atom is 0.514 e. The van der Waals surface area contributed by atoms with Crippen molar-refractivity contribution < 1.29 is 14.3 Å². The van der Waals surface area contributed by atoms with Gasteiger partial charge in [-0.1, -0.05) is 6.58 Å². The summed E-state index contributed by atoms with van der Waals surface area (Å²) in [6, 6.07) is 0. The van der Waals surface area contributed by atoms with Crippen LogP contribution in [0.1, 0.15) is 0 Å². The van der Waals surface area contributed by atoms with Gasteiger partial charge in [0.05, 0.1) is 6.26 Å². The fraction of sp³-hybridized carbons (Fsp3) is 0.167. The van der Waals surface area contributed by atoms with Gasteiger partial charge in [0.2, 0.25) is 0 Å². The molecule has 0 spiro atoms. The summed E-state index contributed by atoms with van der Waals surface area (Å²) < 4.78 is 8.89. The van der Waals surface area contributed by atoms with Crippen molar-refractivity contribution in [2.24, 2.45) is 0 Å². The molecule has 0 bridgehead atoms. The van der Waals surface area contributed by atoms with Crippen molar-refractivity contribution in [2.45, 2.75) is 6.10 Å². The van der Waals surface area contributed by atoms with E-state index in [9.17, 15) is 4.79 Å². The molecular weight excluding hydrogens is 120 g/mol. The molecule has 0 aromatic rings. The molecule has 0 aromatic carbocycles. The Morgan fingerprint density at radius 3 is 3.00 bits per heavy atom. The first-order valence-corrected chi connectivity index (χ1v) is 2.49. The minimum Gasteiger partial charge on any atom is -0.422 e. The molecule has 0 saturated heterocycles. The van der Waals surface area contributed by atoms with Gasteiger partial charge in [0.25, 0.3) is 0 Å². The molecule has 1 aliphatic heterocycles. The van der Waals surface area contributed by atoms with Gasteiger partial charge in [0, 0.05) is 0 Å². The lowest BCUT2D eigenvalue weighted by atomic mass is 10.3. The quantitative estimate of drug-likeness (QED) is 0.391. The normalized spacial score (nSPS) is 24.4. The van der Waals surface area contributed by atoms with Crippen LogP contribution in [0.4, 0.5) is 4.79 Å². The maximum atomic E-state index is 10.3. The Morgan fingerprint density at radius 1 is 1.78 bits per heavy atom. The molecule has 0 aliphatic carbocycles. The van der Waals surface area contributed by atoms with Gasteiger partial charge in [-0.05, 0) is 12.2 Å². The van der Waals surface area contributed by atoms with Crippen LogP contribution < -0.4 is 0 Å². The highest BCUT2D eigenvalue weighted by Gasteiger charge is 2.12. The lowest BCUT2D eigenvalue weighted by Crippen LogP contribution is -2.17. The number of ether oxygens (including phenoxy) is 2. The SMILES string of the molecule is C=CC1C=COC(=O)O1. The van der Waals surface area contributed by atoms with Gasteiger partial charge in [-0.15, -0.1) is 0 Å². The molecule has 3 heteroatoms. The van der Waals surface area contributed by atoms with Gasteiger partial charge >= 0.3 is 6.16 Å². The summed E-state index contributed by atoms with van der Waals surface area (Å²) in [4.78, 5) is 10.3. The standard InChI is InChI=1S/C6H6O3/c1-2-5-3-4-8-6(7)9-5/h2-5H,1H2. The molecule has 9 heavy (non-hydrogen) atoms. The minimum atomic E-state index is -0.678. The number of carbonyl (C=O) groups is 1. The van der Waals surface area contributed by atoms with E-state index in [2.05, 4.69) is 16.1 Å². The molecule has 0 N–H and O–H groups in total. The predicted octanol–water partition coefficient (Wildman–Crippen LogP) is 1.22. The van der Waals surface area contributed by atoms with Crippen LogP contribution in [-0.4, -0.2) is 12.3 Å². The molecule has 1 aliphatic rings. The Labute approximate surface area is 52.6 Å². The highest BCUT2D eigenvalue weighted by Crippen LogP contribution is 2.04. The molecule has 0 radical (unpaired) electrons. The molecule has 0 fully saturated rings. The second kappa shape index (κ2) is 2.35. The van der Waals surface area contributed by atoms with E-state index in [0.717, 1.165) is 0 Å². The molecule has 1 rings (SSSR count). The maximum absolute atomic E-state index is 10.3. The second-order valence-electron chi connectivity index (χ2n) is 1.51. The first-order chi connectivity index (χ1) is 4.33. The Balaban J connectivity index is 2.58. The van der Waals surface area contributed by atoms with Crippen molar-refractivity contribution in [1.29, 1.82) is 0 Å². The zero-order chi connectivity index (χ0) is 6.69. The summed E-state index contributed by atoms with van der Waals surface area (Å²) in [5.74, 6) is 0. The number of carbonyl (C=O) groups excluding carboxylic acids is 1. The third-order valence-corrected chi connectivity index (χ3v) is 0.897. The molecule has 1 atom stereocenters. The zero-order valence-electron chi connectivity index (χ0n) is 4.74. The number of cyclic esters (lactones) is 2. The van der Waals surface area contributed by atoms with Crippen molar-refractivity contribution in [2.75, 3.05) is 0 Å². The molecule has 0 saturated carbocycles. The van der Waals surface area contributed by atoms with E-state index in [1.165, 1.54) is 12.3 Å². The lowest BCUT2D eigenvalue weighted by molar-refractivity contribution is 0.0638. The van der Waals surface area contributed by atoms with Gasteiger partial charge in [-0.2, -0.15) is 0 Å². The Morgan fingerprint density at radius 2 is 2.56 bits per heavy atom. The largest absolute Gasteiger partial charge is 0.514 e. The summed E-state index contributed by atoms with van der Waals surface area (Å²) in [6.45, 7) is 3.43. The van der Waals surface area contributed by atoms with E-state index >= 15 is 0 Å². The first-order valence-electron chi connectivity index (χ1n) is 2.49. The number of hydrogen-bond acceptors (Lipinski definition) is 3. The van der Waals surface area contributed by atoms with Gasteiger partial charge in [-0.3, -0.25) is 0 Å². The lowest BCUT2D eigenvalue weighted by Gasteiger charge is -2.11. The molecule has 0 aromatic heterocycles. The first kappa shape index (κ1) is 5.88. The average Bonchev–Trinajstić information content (AvgIpc) is 1.88. The topological polar surface area (TPSA) is 35.5 Å². The third-order valence-electron chi connectivity index (χ3n) is 0.897. The molecular formula is C6H6O3. The summed E-state index contributed by atoms with van der Waals surface area (Å²) in [5.41, 5.74) is 0. The number of rotatable bonds is 1. The van der Waals surface area contributed by atoms with Crippen molar-refractivity contribution in [3.05, 3.63) is 25.0 Å². The van der Waals surface area contributed by atoms with Crippen LogP contribution in [0, 0.1) is 0 Å². The fourth-order valence-electron chi connectivity index (χ4n) is 0.477. The van der Waals surface area contributed by atoms with Crippen LogP contribution in [0.2, 0.25) is 0 Å². The molecule has 3 nitrogen and oxygen atoms in total. The van der Waals surface area contributed by atoms with Crippen LogP contribution in [0.5, 0.6) is 0 Å².